The highest BCUT2D eigenvalue weighted by Crippen LogP contribution is 2.34. The summed E-state index contributed by atoms with van der Waals surface area (Å²) in [6.07, 6.45) is 4.32. The first-order chi connectivity index (χ1) is 10.2. The van der Waals surface area contributed by atoms with Gasteiger partial charge in [-0.05, 0) is 49.4 Å². The lowest BCUT2D eigenvalue weighted by molar-refractivity contribution is 0.518. The first kappa shape index (κ1) is 13.0. The highest BCUT2D eigenvalue weighted by atomic mass is 35.5. The number of fused-ring (bicyclic) bond motifs is 3. The van der Waals surface area contributed by atoms with Crippen LogP contribution in [0.1, 0.15) is 23.3 Å². The largest absolute Gasteiger partial charge is 0.403 e. The first-order valence-electron chi connectivity index (χ1n) is 6.94. The molecule has 0 N–H and O–H groups in total. The number of rotatable bonds is 1. The summed E-state index contributed by atoms with van der Waals surface area (Å²) >= 11 is 7.61. The molecule has 5 heteroatoms. The van der Waals surface area contributed by atoms with E-state index in [2.05, 4.69) is 4.98 Å². The number of thiophene rings is 1. The maximum absolute atomic E-state index is 12.4. The molecule has 4 rings (SSSR count). The van der Waals surface area contributed by atoms with Crippen molar-refractivity contribution in [2.75, 3.05) is 0 Å². The first-order valence-corrected chi connectivity index (χ1v) is 8.13. The summed E-state index contributed by atoms with van der Waals surface area (Å²) in [5.74, 6) is 0.341. The maximum atomic E-state index is 12.4. The molecule has 0 bridgehead atoms. The van der Waals surface area contributed by atoms with Crippen LogP contribution in [0.4, 0.5) is 0 Å². The second kappa shape index (κ2) is 4.97. The fourth-order valence-corrected chi connectivity index (χ4v) is 4.27. The van der Waals surface area contributed by atoms with Gasteiger partial charge in [0.15, 0.2) is 0 Å². The van der Waals surface area contributed by atoms with Crippen LogP contribution in [-0.2, 0) is 12.8 Å². The Kier molecular flexibility index (Phi) is 3.08. The van der Waals surface area contributed by atoms with E-state index in [0.29, 0.717) is 16.3 Å². The lowest BCUT2D eigenvalue weighted by Crippen LogP contribution is -2.06. The van der Waals surface area contributed by atoms with Gasteiger partial charge in [-0.25, -0.2) is 9.78 Å². The van der Waals surface area contributed by atoms with Crippen LogP contribution in [0.15, 0.2) is 33.5 Å². The van der Waals surface area contributed by atoms with E-state index >= 15 is 0 Å². The number of aryl methyl sites for hydroxylation is 2. The summed E-state index contributed by atoms with van der Waals surface area (Å²) in [7, 11) is 0. The van der Waals surface area contributed by atoms with E-state index in [9.17, 15) is 4.79 Å². The lowest BCUT2D eigenvalue weighted by atomic mass is 9.97. The summed E-state index contributed by atoms with van der Waals surface area (Å²) in [4.78, 5) is 19.0. The molecule has 0 saturated carbocycles. The summed E-state index contributed by atoms with van der Waals surface area (Å²) in [5.41, 5.74) is 1.60. The third-order valence-corrected chi connectivity index (χ3v) is 5.24. The number of aromatic nitrogens is 1. The molecule has 2 heterocycles. The molecule has 2 aromatic heterocycles. The number of benzene rings is 1. The molecular formula is C16H12ClNO2S. The van der Waals surface area contributed by atoms with Gasteiger partial charge in [0.2, 0.25) is 5.89 Å². The van der Waals surface area contributed by atoms with E-state index in [4.69, 9.17) is 16.0 Å². The maximum Gasteiger partial charge on any atom is 0.348 e. The number of nitrogens with zero attached hydrogens (tertiary/aromatic N) is 1. The highest BCUT2D eigenvalue weighted by molar-refractivity contribution is 7.18. The Balaban J connectivity index is 1.96. The van der Waals surface area contributed by atoms with Gasteiger partial charge in [-0.3, -0.25) is 0 Å². The van der Waals surface area contributed by atoms with E-state index < -0.39 is 0 Å². The molecule has 0 spiro atoms. The van der Waals surface area contributed by atoms with Crippen molar-refractivity contribution in [2.45, 2.75) is 25.7 Å². The number of halogens is 1. The molecule has 0 amide bonds. The van der Waals surface area contributed by atoms with Gasteiger partial charge in [0.05, 0.1) is 0 Å². The second-order valence-electron chi connectivity index (χ2n) is 5.21. The summed E-state index contributed by atoms with van der Waals surface area (Å²) in [5, 5.41) is 1.28. The fraction of sp³-hybridized carbons (Fsp3) is 0.250. The van der Waals surface area contributed by atoms with Gasteiger partial charge in [0, 0.05) is 15.5 Å². The molecule has 0 radical (unpaired) electrons. The topological polar surface area (TPSA) is 43.1 Å². The molecule has 1 aliphatic carbocycles. The predicted octanol–water partition coefficient (Wildman–Crippen LogP) is 4.45. The Bertz CT molecular complexity index is 897. The van der Waals surface area contributed by atoms with Crippen LogP contribution in [0.2, 0.25) is 5.02 Å². The van der Waals surface area contributed by atoms with E-state index in [0.717, 1.165) is 35.2 Å². The van der Waals surface area contributed by atoms with Gasteiger partial charge in [0.25, 0.3) is 0 Å². The van der Waals surface area contributed by atoms with Gasteiger partial charge in [-0.2, -0.15) is 0 Å². The summed E-state index contributed by atoms with van der Waals surface area (Å²) in [6, 6.07) is 7.21. The fourth-order valence-electron chi connectivity index (χ4n) is 2.84. The zero-order chi connectivity index (χ0) is 14.4. The van der Waals surface area contributed by atoms with Gasteiger partial charge < -0.3 is 4.42 Å². The van der Waals surface area contributed by atoms with Crippen LogP contribution in [0.5, 0.6) is 0 Å². The van der Waals surface area contributed by atoms with Crippen LogP contribution in [-0.4, -0.2) is 4.98 Å². The Morgan fingerprint density at radius 3 is 2.95 bits per heavy atom. The van der Waals surface area contributed by atoms with Crippen molar-refractivity contribution in [2.24, 2.45) is 0 Å². The van der Waals surface area contributed by atoms with Crippen molar-refractivity contribution in [3.8, 4) is 11.5 Å². The third kappa shape index (κ3) is 2.19. The summed E-state index contributed by atoms with van der Waals surface area (Å²) < 4.78 is 5.44. The highest BCUT2D eigenvalue weighted by Gasteiger charge is 2.21. The van der Waals surface area contributed by atoms with Crippen LogP contribution < -0.4 is 5.63 Å². The number of hydrogen-bond donors (Lipinski definition) is 0. The zero-order valence-electron chi connectivity index (χ0n) is 11.2. The molecule has 1 aliphatic rings. The quantitative estimate of drug-likeness (QED) is 0.666. The van der Waals surface area contributed by atoms with Crippen LogP contribution in [0.25, 0.3) is 21.7 Å². The molecule has 0 atom stereocenters. The van der Waals surface area contributed by atoms with Crippen LogP contribution in [0, 0.1) is 0 Å². The second-order valence-corrected chi connectivity index (χ2v) is 6.73. The average Bonchev–Trinajstić information content (AvgIpc) is 2.86. The van der Waals surface area contributed by atoms with Gasteiger partial charge in [-0.1, -0.05) is 17.7 Å². The molecule has 3 nitrogen and oxygen atoms in total. The predicted molar refractivity (Wildman–Crippen MR) is 85.2 cm³/mol. The SMILES string of the molecule is O=c1oc(-c2cccc(Cl)c2)nc2sc3c(c12)CCCC3. The minimum absolute atomic E-state index is 0.283. The van der Waals surface area contributed by atoms with Crippen molar-refractivity contribution in [3.05, 3.63) is 50.1 Å². The monoisotopic (exact) mass is 317 g/mol. The van der Waals surface area contributed by atoms with Crippen LogP contribution in [0.3, 0.4) is 0 Å². The minimum Gasteiger partial charge on any atom is -0.403 e. The van der Waals surface area contributed by atoms with Gasteiger partial charge in [0.1, 0.15) is 10.2 Å². The van der Waals surface area contributed by atoms with Crippen molar-refractivity contribution in [1.82, 2.24) is 4.98 Å². The zero-order valence-corrected chi connectivity index (χ0v) is 12.8. The number of hydrogen-bond acceptors (Lipinski definition) is 4. The normalized spacial score (nSPS) is 14.3. The average molecular weight is 318 g/mol. The standard InChI is InChI=1S/C16H12ClNO2S/c17-10-5-3-4-9(8-10)14-18-15-13(16(19)20-14)11-6-1-2-7-12(11)21-15/h3-5,8H,1-2,6-7H2. The summed E-state index contributed by atoms with van der Waals surface area (Å²) in [6.45, 7) is 0. The molecule has 0 aliphatic heterocycles. The molecule has 0 fully saturated rings. The molecule has 1 aromatic carbocycles. The van der Waals surface area contributed by atoms with E-state index in [1.165, 1.54) is 11.3 Å². The Labute approximate surface area is 130 Å². The van der Waals surface area contributed by atoms with Gasteiger partial charge in [-0.15, -0.1) is 11.3 Å². The Morgan fingerprint density at radius 2 is 2.10 bits per heavy atom. The van der Waals surface area contributed by atoms with E-state index in [1.807, 2.05) is 12.1 Å². The minimum atomic E-state index is -0.283. The van der Waals surface area contributed by atoms with Crippen molar-refractivity contribution in [1.29, 1.82) is 0 Å². The van der Waals surface area contributed by atoms with E-state index in [-0.39, 0.29) is 5.63 Å². The lowest BCUT2D eigenvalue weighted by Gasteiger charge is -2.09. The van der Waals surface area contributed by atoms with Crippen molar-refractivity contribution >= 4 is 33.2 Å². The Morgan fingerprint density at radius 1 is 1.24 bits per heavy atom. The molecular weight excluding hydrogens is 306 g/mol. The molecule has 0 saturated heterocycles. The molecule has 0 unspecified atom stereocenters. The Hall–Kier alpha value is -1.65. The van der Waals surface area contributed by atoms with Crippen molar-refractivity contribution < 1.29 is 4.42 Å². The molecule has 106 valence electrons. The smallest absolute Gasteiger partial charge is 0.348 e. The van der Waals surface area contributed by atoms with Crippen molar-refractivity contribution in [3.63, 3.8) is 0 Å². The molecule has 21 heavy (non-hydrogen) atoms. The third-order valence-electron chi connectivity index (χ3n) is 3.82. The van der Waals surface area contributed by atoms with Crippen LogP contribution >= 0.6 is 22.9 Å². The van der Waals surface area contributed by atoms with Gasteiger partial charge >= 0.3 is 5.63 Å². The van der Waals surface area contributed by atoms with E-state index in [1.54, 1.807) is 23.5 Å². The molecule has 3 aromatic rings.